The third-order valence-electron chi connectivity index (χ3n) is 4.54. The van der Waals surface area contributed by atoms with Gasteiger partial charge in [0.25, 0.3) is 0 Å². The van der Waals surface area contributed by atoms with Gasteiger partial charge in [-0.05, 0) is 17.7 Å². The Morgan fingerprint density at radius 3 is 2.40 bits per heavy atom. The Bertz CT molecular complexity index is 954. The van der Waals surface area contributed by atoms with E-state index >= 15 is 0 Å². The van der Waals surface area contributed by atoms with Crippen molar-refractivity contribution in [2.24, 2.45) is 0 Å². The Labute approximate surface area is 143 Å². The summed E-state index contributed by atoms with van der Waals surface area (Å²) >= 11 is 0. The van der Waals surface area contributed by atoms with E-state index in [0.29, 0.717) is 11.3 Å². The molecule has 5 heteroatoms. The summed E-state index contributed by atoms with van der Waals surface area (Å²) in [6, 6.07) is 13.7. The lowest BCUT2D eigenvalue weighted by atomic mass is 9.77. The molecule has 0 fully saturated rings. The lowest BCUT2D eigenvalue weighted by Gasteiger charge is -2.30. The summed E-state index contributed by atoms with van der Waals surface area (Å²) in [6.07, 6.45) is 0.00713. The van der Waals surface area contributed by atoms with E-state index in [9.17, 15) is 14.4 Å². The average Bonchev–Trinajstić information content (AvgIpc) is 2.65. The number of methoxy groups -OCH3 is 1. The number of hydrogen-bond donors (Lipinski definition) is 0. The van der Waals surface area contributed by atoms with Crippen LogP contribution in [0.25, 0.3) is 0 Å². The molecule has 4 rings (SSSR count). The quantitative estimate of drug-likeness (QED) is 0.790. The first kappa shape index (κ1) is 15.3. The fraction of sp³-hybridized carbons (Fsp3) is 0.150. The van der Waals surface area contributed by atoms with Crippen LogP contribution in [0.15, 0.2) is 59.9 Å². The second kappa shape index (κ2) is 5.70. The summed E-state index contributed by atoms with van der Waals surface area (Å²) < 4.78 is 10.4. The van der Waals surface area contributed by atoms with E-state index in [1.807, 2.05) is 6.07 Å². The molecular weight excluding hydrogens is 320 g/mol. The van der Waals surface area contributed by atoms with Gasteiger partial charge in [-0.3, -0.25) is 14.4 Å². The Morgan fingerprint density at radius 2 is 1.68 bits per heavy atom. The maximum absolute atomic E-state index is 13.0. The van der Waals surface area contributed by atoms with Gasteiger partial charge in [0.15, 0.2) is 11.5 Å². The maximum Gasteiger partial charge on any atom is 0.312 e. The van der Waals surface area contributed by atoms with Crippen molar-refractivity contribution in [2.45, 2.75) is 12.3 Å². The predicted octanol–water partition coefficient (Wildman–Crippen LogP) is 3.06. The number of ketones is 2. The molecule has 0 N–H and O–H groups in total. The minimum absolute atomic E-state index is 0.00713. The molecule has 0 saturated carbocycles. The van der Waals surface area contributed by atoms with Crippen LogP contribution in [0.5, 0.6) is 5.75 Å². The van der Waals surface area contributed by atoms with E-state index in [0.717, 1.165) is 5.56 Å². The number of benzene rings is 2. The first-order valence-corrected chi connectivity index (χ1v) is 7.87. The summed E-state index contributed by atoms with van der Waals surface area (Å²) in [7, 11) is 1.55. The average molecular weight is 334 g/mol. The molecule has 1 aliphatic heterocycles. The largest absolute Gasteiger partial charge is 0.497 e. The van der Waals surface area contributed by atoms with Crippen LogP contribution in [0.2, 0.25) is 0 Å². The SMILES string of the molecule is COc1cccc([C@@H]2CC(=O)OC3=C2C(=O)c2ccccc2C3=O)c1. The zero-order chi connectivity index (χ0) is 17.6. The van der Waals surface area contributed by atoms with Crippen molar-refractivity contribution in [3.63, 3.8) is 0 Å². The Morgan fingerprint density at radius 1 is 0.960 bits per heavy atom. The third-order valence-corrected chi connectivity index (χ3v) is 4.54. The molecule has 124 valence electrons. The van der Waals surface area contributed by atoms with Crippen LogP contribution < -0.4 is 4.74 Å². The minimum atomic E-state index is -0.531. The number of rotatable bonds is 2. The Balaban J connectivity index is 1.90. The number of allylic oxidation sites excluding steroid dienone is 2. The highest BCUT2D eigenvalue weighted by Crippen LogP contribution is 2.41. The van der Waals surface area contributed by atoms with Gasteiger partial charge < -0.3 is 9.47 Å². The van der Waals surface area contributed by atoms with Crippen molar-refractivity contribution in [1.29, 1.82) is 0 Å². The first-order valence-electron chi connectivity index (χ1n) is 7.87. The lowest BCUT2D eigenvalue weighted by Crippen LogP contribution is -2.32. The fourth-order valence-electron chi connectivity index (χ4n) is 3.36. The molecule has 2 aromatic rings. The number of esters is 1. The molecule has 0 radical (unpaired) electrons. The number of Topliss-reactive ketones (excluding diaryl/α,β-unsaturated/α-hetero) is 2. The lowest BCUT2D eigenvalue weighted by molar-refractivity contribution is -0.140. The summed E-state index contributed by atoms with van der Waals surface area (Å²) in [4.78, 5) is 37.8. The van der Waals surface area contributed by atoms with Crippen molar-refractivity contribution in [1.82, 2.24) is 0 Å². The van der Waals surface area contributed by atoms with Crippen molar-refractivity contribution < 1.29 is 23.9 Å². The van der Waals surface area contributed by atoms with Crippen LogP contribution in [0.3, 0.4) is 0 Å². The number of hydrogen-bond acceptors (Lipinski definition) is 5. The number of ether oxygens (including phenoxy) is 2. The highest BCUT2D eigenvalue weighted by atomic mass is 16.5. The van der Waals surface area contributed by atoms with Crippen LogP contribution in [0.4, 0.5) is 0 Å². The summed E-state index contributed by atoms with van der Waals surface area (Å²) in [5.74, 6) is -1.28. The molecule has 1 aliphatic carbocycles. The topological polar surface area (TPSA) is 69.7 Å². The second-order valence-corrected chi connectivity index (χ2v) is 5.95. The highest BCUT2D eigenvalue weighted by molar-refractivity contribution is 6.27. The first-order chi connectivity index (χ1) is 12.1. The summed E-state index contributed by atoms with van der Waals surface area (Å²) in [5.41, 5.74) is 1.60. The molecule has 0 amide bonds. The molecule has 0 aromatic heterocycles. The standard InChI is InChI=1S/C20H14O5/c1-24-12-6-4-5-11(9-12)15-10-16(21)25-20-17(15)18(22)13-7-2-3-8-14(13)19(20)23/h2-9,15H,10H2,1H3/t15-/m0/s1. The maximum atomic E-state index is 13.0. The van der Waals surface area contributed by atoms with Crippen molar-refractivity contribution >= 4 is 17.5 Å². The van der Waals surface area contributed by atoms with Gasteiger partial charge in [0.2, 0.25) is 5.78 Å². The van der Waals surface area contributed by atoms with Crippen LogP contribution >= 0.6 is 0 Å². The molecule has 0 bridgehead atoms. The van der Waals surface area contributed by atoms with Gasteiger partial charge in [0, 0.05) is 17.0 Å². The number of carbonyl (C=O) groups is 3. The van der Waals surface area contributed by atoms with Gasteiger partial charge in [-0.15, -0.1) is 0 Å². The van der Waals surface area contributed by atoms with E-state index < -0.39 is 17.7 Å². The van der Waals surface area contributed by atoms with E-state index in [2.05, 4.69) is 0 Å². The van der Waals surface area contributed by atoms with Crippen LogP contribution in [-0.2, 0) is 9.53 Å². The monoisotopic (exact) mass is 334 g/mol. The predicted molar refractivity (Wildman–Crippen MR) is 88.6 cm³/mol. The van der Waals surface area contributed by atoms with E-state index in [-0.39, 0.29) is 29.1 Å². The second-order valence-electron chi connectivity index (χ2n) is 5.95. The van der Waals surface area contributed by atoms with Gasteiger partial charge in [-0.1, -0.05) is 36.4 Å². The van der Waals surface area contributed by atoms with E-state index in [4.69, 9.17) is 9.47 Å². The summed E-state index contributed by atoms with van der Waals surface area (Å²) in [6.45, 7) is 0. The van der Waals surface area contributed by atoms with Gasteiger partial charge in [0.1, 0.15) is 5.75 Å². The molecule has 25 heavy (non-hydrogen) atoms. The third kappa shape index (κ3) is 2.36. The molecule has 2 aliphatic rings. The van der Waals surface area contributed by atoms with Gasteiger partial charge >= 0.3 is 5.97 Å². The normalized spacial score (nSPS) is 19.2. The van der Waals surface area contributed by atoms with E-state index in [1.54, 1.807) is 49.6 Å². The van der Waals surface area contributed by atoms with E-state index in [1.165, 1.54) is 0 Å². The van der Waals surface area contributed by atoms with Crippen molar-refractivity contribution in [3.8, 4) is 5.75 Å². The number of fused-ring (bicyclic) bond motifs is 1. The molecule has 0 saturated heterocycles. The van der Waals surface area contributed by atoms with Crippen LogP contribution in [0.1, 0.15) is 38.6 Å². The fourth-order valence-corrected chi connectivity index (χ4v) is 3.36. The smallest absolute Gasteiger partial charge is 0.312 e. The Hall–Kier alpha value is -3.21. The Kier molecular flexibility index (Phi) is 3.50. The molecule has 1 atom stereocenters. The number of carbonyl (C=O) groups excluding carboxylic acids is 3. The molecule has 2 aromatic carbocycles. The zero-order valence-electron chi connectivity index (χ0n) is 13.4. The van der Waals surface area contributed by atoms with Gasteiger partial charge in [-0.25, -0.2) is 0 Å². The molecule has 0 spiro atoms. The van der Waals surface area contributed by atoms with Crippen molar-refractivity contribution in [2.75, 3.05) is 7.11 Å². The van der Waals surface area contributed by atoms with Crippen LogP contribution in [-0.4, -0.2) is 24.6 Å². The minimum Gasteiger partial charge on any atom is -0.497 e. The van der Waals surface area contributed by atoms with Gasteiger partial charge in [-0.2, -0.15) is 0 Å². The molecule has 1 heterocycles. The summed E-state index contributed by atoms with van der Waals surface area (Å²) in [5, 5.41) is 0. The van der Waals surface area contributed by atoms with Crippen molar-refractivity contribution in [3.05, 3.63) is 76.6 Å². The zero-order valence-corrected chi connectivity index (χ0v) is 13.4. The van der Waals surface area contributed by atoms with Crippen LogP contribution in [0, 0.1) is 0 Å². The molecular formula is C20H14O5. The molecule has 5 nitrogen and oxygen atoms in total. The van der Waals surface area contributed by atoms with Gasteiger partial charge in [0.05, 0.1) is 19.1 Å². The molecule has 0 unspecified atom stereocenters. The highest BCUT2D eigenvalue weighted by Gasteiger charge is 2.42.